The first kappa shape index (κ1) is 24.1. The van der Waals surface area contributed by atoms with Gasteiger partial charge in [-0.05, 0) is 0 Å². The zero-order valence-electron chi connectivity index (χ0n) is 19.7. The minimum atomic E-state index is -4.01. The van der Waals surface area contributed by atoms with E-state index in [9.17, 15) is 13.2 Å². The molecule has 0 aliphatic carbocycles. The summed E-state index contributed by atoms with van der Waals surface area (Å²) in [6.07, 6.45) is 0. The quantitative estimate of drug-likeness (QED) is 0.230. The van der Waals surface area contributed by atoms with Gasteiger partial charge in [-0.15, -0.1) is 0 Å². The molecule has 0 bridgehead atoms. The van der Waals surface area contributed by atoms with Crippen LogP contribution in [0.4, 0.5) is 0 Å². The van der Waals surface area contributed by atoms with E-state index in [1.165, 1.54) is 11.1 Å². The van der Waals surface area contributed by atoms with Crippen molar-refractivity contribution in [1.82, 2.24) is 3.97 Å². The summed E-state index contributed by atoms with van der Waals surface area (Å²) in [7, 11) is -2.69. The molecule has 0 radical (unpaired) electrons. The molecule has 0 unspecified atom stereocenters. The zero-order valence-corrected chi connectivity index (χ0v) is 22.2. The molecule has 0 saturated heterocycles. The van der Waals surface area contributed by atoms with Gasteiger partial charge in [0.2, 0.25) is 0 Å². The van der Waals surface area contributed by atoms with E-state index in [0.29, 0.717) is 16.8 Å². The van der Waals surface area contributed by atoms with Crippen molar-refractivity contribution < 1.29 is 17.9 Å². The first-order chi connectivity index (χ1) is 17.4. The van der Waals surface area contributed by atoms with Crippen molar-refractivity contribution in [1.29, 1.82) is 0 Å². The van der Waals surface area contributed by atoms with Crippen LogP contribution < -0.4 is 8.92 Å². The number of carbonyl (C=O) groups excluding carboxylic acids is 1. The van der Waals surface area contributed by atoms with Crippen LogP contribution in [0.2, 0.25) is 0 Å². The number of benzene rings is 4. The summed E-state index contributed by atoms with van der Waals surface area (Å²) in [5.41, 5.74) is 3.11. The number of nitrogens with zero attached hydrogens (tertiary/aromatic N) is 1. The van der Waals surface area contributed by atoms with E-state index in [2.05, 4.69) is 12.1 Å². The van der Waals surface area contributed by atoms with Crippen LogP contribution in [0.15, 0.2) is 108 Å². The Balaban J connectivity index is 1.90. The third-order valence-corrected chi connectivity index (χ3v) is 9.96. The standard InChI is InChI=1S/C29H23NO4SSe/c1-20-13-16-23(17-14-20)35(32,33)30-26-19-22(29(31)34-2)15-18-25(26)28(36-24-11-7-4-8-12-24)27(30)21-9-5-3-6-10-21/h3-19H,1-2H3. The first-order valence-corrected chi connectivity index (χ1v) is 14.4. The molecule has 0 aliphatic heterocycles. The third-order valence-electron chi connectivity index (χ3n) is 5.87. The summed E-state index contributed by atoms with van der Waals surface area (Å²) < 4.78 is 36.8. The van der Waals surface area contributed by atoms with Crippen LogP contribution in [0, 0.1) is 6.92 Å². The maximum atomic E-state index is 14.2. The summed E-state index contributed by atoms with van der Waals surface area (Å²) in [6.45, 7) is 1.92. The maximum absolute atomic E-state index is 14.2. The number of aromatic nitrogens is 1. The second kappa shape index (κ2) is 9.78. The van der Waals surface area contributed by atoms with Gasteiger partial charge in [-0.3, -0.25) is 0 Å². The predicted molar refractivity (Wildman–Crippen MR) is 144 cm³/mol. The van der Waals surface area contributed by atoms with Crippen molar-refractivity contribution in [3.05, 3.63) is 114 Å². The summed E-state index contributed by atoms with van der Waals surface area (Å²) in [5.74, 6) is -0.520. The fourth-order valence-electron chi connectivity index (χ4n) is 4.10. The van der Waals surface area contributed by atoms with E-state index in [1.54, 1.807) is 36.4 Å². The van der Waals surface area contributed by atoms with Crippen LogP contribution in [-0.2, 0) is 14.8 Å². The Morgan fingerprint density at radius 2 is 1.47 bits per heavy atom. The molecule has 36 heavy (non-hydrogen) atoms. The second-order valence-corrected chi connectivity index (χ2v) is 12.3. The molecule has 1 aromatic heterocycles. The molecule has 0 aliphatic rings. The molecule has 0 fully saturated rings. The monoisotopic (exact) mass is 561 g/mol. The van der Waals surface area contributed by atoms with Crippen molar-refractivity contribution in [3.8, 4) is 11.3 Å². The van der Waals surface area contributed by atoms with Gasteiger partial charge in [-0.25, -0.2) is 0 Å². The van der Waals surface area contributed by atoms with E-state index < -0.39 is 16.0 Å². The molecular formula is C29H23NO4SSe. The number of aryl methyl sites for hydroxylation is 1. The molecule has 7 heteroatoms. The number of esters is 1. The topological polar surface area (TPSA) is 65.4 Å². The molecule has 5 aromatic rings. The number of hydrogen-bond acceptors (Lipinski definition) is 4. The Morgan fingerprint density at radius 3 is 2.11 bits per heavy atom. The van der Waals surface area contributed by atoms with E-state index in [0.717, 1.165) is 25.4 Å². The molecule has 1 heterocycles. The zero-order chi connectivity index (χ0) is 25.3. The molecule has 0 saturated carbocycles. The van der Waals surface area contributed by atoms with Gasteiger partial charge in [0.05, 0.1) is 0 Å². The van der Waals surface area contributed by atoms with Crippen LogP contribution in [0.25, 0.3) is 22.2 Å². The Hall–Kier alpha value is -3.64. The van der Waals surface area contributed by atoms with Crippen molar-refractivity contribution in [2.45, 2.75) is 11.8 Å². The van der Waals surface area contributed by atoms with Gasteiger partial charge in [-0.2, -0.15) is 0 Å². The molecule has 5 nitrogen and oxygen atoms in total. The van der Waals surface area contributed by atoms with Gasteiger partial charge in [0.25, 0.3) is 0 Å². The van der Waals surface area contributed by atoms with Crippen molar-refractivity contribution in [2.75, 3.05) is 7.11 Å². The van der Waals surface area contributed by atoms with Crippen molar-refractivity contribution >= 4 is 50.8 Å². The molecule has 0 amide bonds. The number of ether oxygens (including phenoxy) is 1. The van der Waals surface area contributed by atoms with Gasteiger partial charge < -0.3 is 0 Å². The number of carbonyl (C=O) groups is 1. The predicted octanol–water partition coefficient (Wildman–Crippen LogP) is 4.30. The Morgan fingerprint density at radius 1 is 0.833 bits per heavy atom. The van der Waals surface area contributed by atoms with Crippen LogP contribution in [0.1, 0.15) is 15.9 Å². The van der Waals surface area contributed by atoms with Crippen LogP contribution >= 0.6 is 0 Å². The summed E-state index contributed by atoms with van der Waals surface area (Å²) in [5, 5.41) is 0.793. The van der Waals surface area contributed by atoms with Gasteiger partial charge in [0.15, 0.2) is 0 Å². The van der Waals surface area contributed by atoms with Crippen LogP contribution in [-0.4, -0.2) is 40.4 Å². The Kier molecular flexibility index (Phi) is 6.54. The second-order valence-electron chi connectivity index (χ2n) is 8.26. The normalized spacial score (nSPS) is 11.5. The van der Waals surface area contributed by atoms with Gasteiger partial charge >= 0.3 is 217 Å². The van der Waals surface area contributed by atoms with Crippen molar-refractivity contribution in [2.24, 2.45) is 0 Å². The summed E-state index contributed by atoms with van der Waals surface area (Å²) >= 11 is -0.203. The van der Waals surface area contributed by atoms with E-state index in [4.69, 9.17) is 4.74 Å². The van der Waals surface area contributed by atoms with Gasteiger partial charge in [-0.1, -0.05) is 0 Å². The Bertz CT molecular complexity index is 1660. The first-order valence-electron chi connectivity index (χ1n) is 11.3. The van der Waals surface area contributed by atoms with Crippen molar-refractivity contribution in [3.63, 3.8) is 0 Å². The number of rotatable bonds is 6. The Labute approximate surface area is 216 Å². The van der Waals surface area contributed by atoms with Gasteiger partial charge in [0.1, 0.15) is 0 Å². The number of methoxy groups -OCH3 is 1. The average Bonchev–Trinajstić information content (AvgIpc) is 3.23. The molecule has 4 aromatic carbocycles. The molecule has 180 valence electrons. The average molecular weight is 561 g/mol. The number of fused-ring (bicyclic) bond motifs is 1. The molecular weight excluding hydrogens is 537 g/mol. The summed E-state index contributed by atoms with van der Waals surface area (Å²) in [4.78, 5) is 12.6. The molecule has 5 rings (SSSR count). The summed E-state index contributed by atoms with van der Waals surface area (Å²) in [6, 6.07) is 31.5. The third kappa shape index (κ3) is 4.37. The van der Waals surface area contributed by atoms with E-state index >= 15 is 0 Å². The van der Waals surface area contributed by atoms with Crippen LogP contribution in [0.5, 0.6) is 0 Å². The van der Waals surface area contributed by atoms with E-state index in [1.807, 2.05) is 61.5 Å². The van der Waals surface area contributed by atoms with Gasteiger partial charge in [0, 0.05) is 0 Å². The molecule has 0 N–H and O–H groups in total. The molecule has 0 spiro atoms. The van der Waals surface area contributed by atoms with E-state index in [-0.39, 0.29) is 19.9 Å². The number of hydrogen-bond donors (Lipinski definition) is 0. The fourth-order valence-corrected chi connectivity index (χ4v) is 8.11. The molecule has 0 atom stereocenters. The SMILES string of the molecule is COC(=O)c1ccc2c([Se]c3ccccc3)c(-c3ccccc3)n(S(=O)(=O)c3ccc(C)cc3)c2c1. The van der Waals surface area contributed by atoms with Crippen LogP contribution in [0.3, 0.4) is 0 Å². The minimum absolute atomic E-state index is 0.185. The fraction of sp³-hybridized carbons (Fsp3) is 0.0690.